The molecule has 0 fully saturated rings. The molecule has 0 aromatic heterocycles. The van der Waals surface area contributed by atoms with E-state index in [1.54, 1.807) is 7.11 Å². The lowest BCUT2D eigenvalue weighted by Crippen LogP contribution is -3.07. The zero-order chi connectivity index (χ0) is 19.3. The minimum absolute atomic E-state index is 0.195. The third-order valence-electron chi connectivity index (χ3n) is 4.35. The zero-order valence-corrected chi connectivity index (χ0v) is 17.5. The number of hydrogen-bond acceptors (Lipinski definition) is 2. The third kappa shape index (κ3) is 5.10. The van der Waals surface area contributed by atoms with Gasteiger partial charge in [-0.25, -0.2) is 0 Å². The number of nitrogens with one attached hydrogen (secondary N) is 3. The molecule has 3 N–H and O–H groups in total. The molecular formula is C20H27ClN3OS+. The highest BCUT2D eigenvalue weighted by molar-refractivity contribution is 7.80. The van der Waals surface area contributed by atoms with E-state index in [1.807, 2.05) is 38.1 Å². The Labute approximate surface area is 166 Å². The van der Waals surface area contributed by atoms with E-state index in [2.05, 4.69) is 36.9 Å². The van der Waals surface area contributed by atoms with Gasteiger partial charge >= 0.3 is 0 Å². The van der Waals surface area contributed by atoms with Crippen LogP contribution in [0.5, 0.6) is 5.75 Å². The van der Waals surface area contributed by atoms with Crippen molar-refractivity contribution in [2.45, 2.75) is 19.9 Å². The molecule has 0 radical (unpaired) electrons. The van der Waals surface area contributed by atoms with E-state index in [-0.39, 0.29) is 6.04 Å². The molecule has 1 atom stereocenters. The molecule has 6 heteroatoms. The van der Waals surface area contributed by atoms with E-state index in [1.165, 1.54) is 4.90 Å². The Morgan fingerprint density at radius 3 is 2.54 bits per heavy atom. The molecule has 2 aromatic carbocycles. The predicted molar refractivity (Wildman–Crippen MR) is 114 cm³/mol. The van der Waals surface area contributed by atoms with Gasteiger partial charge in [0.25, 0.3) is 0 Å². The monoisotopic (exact) mass is 392 g/mol. The standard InChI is InChI=1S/C20H26ClN3OS/c1-13-10-14(2)19(16(21)11-13)23-20(26)22-12-17(24(3)4)15-8-6-7-9-18(15)25-5/h6-11,17H,12H2,1-5H3,(H2,22,23,26)/p+1/t17-/m1/s1. The van der Waals surface area contributed by atoms with Crippen molar-refractivity contribution in [2.75, 3.05) is 33.1 Å². The molecule has 0 heterocycles. The van der Waals surface area contributed by atoms with E-state index in [9.17, 15) is 0 Å². The van der Waals surface area contributed by atoms with Crippen LogP contribution in [0.3, 0.4) is 0 Å². The number of benzene rings is 2. The molecule has 0 aliphatic carbocycles. The molecule has 0 unspecified atom stereocenters. The molecule has 0 bridgehead atoms. The fourth-order valence-electron chi connectivity index (χ4n) is 3.01. The van der Waals surface area contributed by atoms with Crippen LogP contribution in [0.4, 0.5) is 5.69 Å². The number of para-hydroxylation sites is 1. The molecule has 0 saturated heterocycles. The second kappa shape index (κ2) is 9.21. The average Bonchev–Trinajstić information content (AvgIpc) is 2.58. The van der Waals surface area contributed by atoms with Crippen LogP contribution in [0, 0.1) is 13.8 Å². The van der Waals surface area contributed by atoms with Crippen molar-refractivity contribution in [1.82, 2.24) is 5.32 Å². The number of hydrogen-bond donors (Lipinski definition) is 3. The topological polar surface area (TPSA) is 37.7 Å². The summed E-state index contributed by atoms with van der Waals surface area (Å²) in [6.45, 7) is 4.72. The number of anilines is 1. The molecule has 0 amide bonds. The van der Waals surface area contributed by atoms with Crippen molar-refractivity contribution in [2.24, 2.45) is 0 Å². The summed E-state index contributed by atoms with van der Waals surface area (Å²) in [5.74, 6) is 0.886. The van der Waals surface area contributed by atoms with Gasteiger partial charge in [-0.3, -0.25) is 0 Å². The summed E-state index contributed by atoms with van der Waals surface area (Å²) in [4.78, 5) is 1.29. The van der Waals surface area contributed by atoms with Gasteiger partial charge in [-0.15, -0.1) is 0 Å². The van der Waals surface area contributed by atoms with Crippen molar-refractivity contribution < 1.29 is 9.64 Å². The molecule has 0 spiro atoms. The molecule has 2 rings (SSSR count). The zero-order valence-electron chi connectivity index (χ0n) is 15.9. The van der Waals surface area contributed by atoms with Crippen LogP contribution in [-0.4, -0.2) is 32.9 Å². The minimum atomic E-state index is 0.195. The van der Waals surface area contributed by atoms with Gasteiger partial charge in [0.2, 0.25) is 0 Å². The van der Waals surface area contributed by atoms with Crippen LogP contribution in [0.2, 0.25) is 5.02 Å². The number of thiocarbonyl (C=S) groups is 1. The normalized spacial score (nSPS) is 12.0. The summed E-state index contributed by atoms with van der Waals surface area (Å²) in [6, 6.07) is 12.3. The first-order valence-electron chi connectivity index (χ1n) is 8.58. The smallest absolute Gasteiger partial charge is 0.171 e. The average molecular weight is 393 g/mol. The van der Waals surface area contributed by atoms with Gasteiger partial charge in [-0.05, 0) is 55.4 Å². The van der Waals surface area contributed by atoms with Gasteiger partial charge in [-0.1, -0.05) is 29.8 Å². The summed E-state index contributed by atoms with van der Waals surface area (Å²) in [5.41, 5.74) is 4.19. The van der Waals surface area contributed by atoms with Crippen LogP contribution in [-0.2, 0) is 0 Å². The predicted octanol–water partition coefficient (Wildman–Crippen LogP) is 3.14. The van der Waals surface area contributed by atoms with Crippen LogP contribution in [0.1, 0.15) is 22.7 Å². The number of aryl methyl sites for hydroxylation is 2. The summed E-state index contributed by atoms with van der Waals surface area (Å²) >= 11 is 11.8. The molecule has 140 valence electrons. The summed E-state index contributed by atoms with van der Waals surface area (Å²) in [6.07, 6.45) is 0. The fraction of sp³-hybridized carbons (Fsp3) is 0.350. The maximum Gasteiger partial charge on any atom is 0.171 e. The summed E-state index contributed by atoms with van der Waals surface area (Å²) in [5, 5.41) is 7.77. The SMILES string of the molecule is COc1ccccc1[C@@H](CNC(=S)Nc1c(C)cc(C)cc1Cl)[NH+](C)C. The van der Waals surface area contributed by atoms with Gasteiger partial charge in [0.1, 0.15) is 11.8 Å². The second-order valence-corrected chi connectivity index (χ2v) is 7.46. The van der Waals surface area contributed by atoms with Gasteiger partial charge in [0, 0.05) is 0 Å². The Hall–Kier alpha value is -1.82. The molecular weight excluding hydrogens is 366 g/mol. The number of rotatable bonds is 6. The summed E-state index contributed by atoms with van der Waals surface area (Å²) < 4.78 is 5.51. The van der Waals surface area contributed by atoms with Crippen molar-refractivity contribution in [3.8, 4) is 5.75 Å². The van der Waals surface area contributed by atoms with Crippen molar-refractivity contribution in [3.63, 3.8) is 0 Å². The number of methoxy groups -OCH3 is 1. The highest BCUT2D eigenvalue weighted by Crippen LogP contribution is 2.27. The molecule has 4 nitrogen and oxygen atoms in total. The van der Waals surface area contributed by atoms with Crippen molar-refractivity contribution in [3.05, 3.63) is 58.1 Å². The molecule has 26 heavy (non-hydrogen) atoms. The first-order chi connectivity index (χ1) is 12.3. The van der Waals surface area contributed by atoms with E-state index in [0.717, 1.165) is 28.1 Å². The Morgan fingerprint density at radius 2 is 1.92 bits per heavy atom. The van der Waals surface area contributed by atoms with E-state index in [0.29, 0.717) is 16.7 Å². The van der Waals surface area contributed by atoms with Crippen LogP contribution in [0.15, 0.2) is 36.4 Å². The van der Waals surface area contributed by atoms with Crippen LogP contribution < -0.4 is 20.3 Å². The van der Waals surface area contributed by atoms with Gasteiger partial charge in [0.15, 0.2) is 5.11 Å². The van der Waals surface area contributed by atoms with E-state index in [4.69, 9.17) is 28.6 Å². The number of quaternary nitrogens is 1. The maximum absolute atomic E-state index is 6.36. The lowest BCUT2D eigenvalue weighted by Gasteiger charge is -2.24. The Morgan fingerprint density at radius 1 is 1.23 bits per heavy atom. The van der Waals surface area contributed by atoms with Gasteiger partial charge in [0.05, 0.1) is 44.0 Å². The first kappa shape index (κ1) is 20.5. The first-order valence-corrected chi connectivity index (χ1v) is 9.36. The van der Waals surface area contributed by atoms with E-state index >= 15 is 0 Å². The quantitative estimate of drug-likeness (QED) is 0.660. The Bertz CT molecular complexity index is 756. The minimum Gasteiger partial charge on any atom is -0.496 e. The highest BCUT2D eigenvalue weighted by Gasteiger charge is 2.22. The van der Waals surface area contributed by atoms with E-state index < -0.39 is 0 Å². The highest BCUT2D eigenvalue weighted by atomic mass is 35.5. The molecule has 0 saturated carbocycles. The maximum atomic E-state index is 6.36. The molecule has 2 aromatic rings. The number of ether oxygens (including phenoxy) is 1. The fourth-order valence-corrected chi connectivity index (χ4v) is 3.56. The Balaban J connectivity index is 2.09. The van der Waals surface area contributed by atoms with Crippen LogP contribution >= 0.6 is 23.8 Å². The molecule has 0 aliphatic rings. The Kier molecular flexibility index (Phi) is 7.26. The van der Waals surface area contributed by atoms with Gasteiger partial charge in [-0.2, -0.15) is 0 Å². The second-order valence-electron chi connectivity index (χ2n) is 6.65. The largest absolute Gasteiger partial charge is 0.496 e. The third-order valence-corrected chi connectivity index (χ3v) is 4.89. The lowest BCUT2D eigenvalue weighted by atomic mass is 10.0. The van der Waals surface area contributed by atoms with Crippen molar-refractivity contribution in [1.29, 1.82) is 0 Å². The molecule has 0 aliphatic heterocycles. The van der Waals surface area contributed by atoms with Gasteiger partial charge < -0.3 is 20.3 Å². The van der Waals surface area contributed by atoms with Crippen LogP contribution in [0.25, 0.3) is 0 Å². The number of likely N-dealkylation sites (N-methyl/N-ethyl adjacent to an activating group) is 1. The number of halogens is 1. The lowest BCUT2D eigenvalue weighted by molar-refractivity contribution is -0.890. The van der Waals surface area contributed by atoms with Crippen molar-refractivity contribution >= 4 is 34.6 Å². The summed E-state index contributed by atoms with van der Waals surface area (Å²) in [7, 11) is 5.94.